The lowest BCUT2D eigenvalue weighted by Gasteiger charge is -2.12. The summed E-state index contributed by atoms with van der Waals surface area (Å²) in [6.07, 6.45) is 0. The second-order valence-electron chi connectivity index (χ2n) is 6.45. The van der Waals surface area contributed by atoms with Crippen molar-refractivity contribution in [3.63, 3.8) is 0 Å². The number of hydrogen-bond donors (Lipinski definition) is 2. The van der Waals surface area contributed by atoms with E-state index in [1.54, 1.807) is 0 Å². The van der Waals surface area contributed by atoms with Crippen molar-refractivity contribution >= 4 is 48.7 Å². The summed E-state index contributed by atoms with van der Waals surface area (Å²) >= 11 is 5.79. The van der Waals surface area contributed by atoms with Crippen LogP contribution in [0.25, 0.3) is 0 Å². The highest BCUT2D eigenvalue weighted by Gasteiger charge is 2.22. The van der Waals surface area contributed by atoms with Crippen molar-refractivity contribution in [1.29, 1.82) is 0 Å². The Kier molecular flexibility index (Phi) is 6.20. The topological polar surface area (TPSA) is 135 Å². The van der Waals surface area contributed by atoms with Crippen LogP contribution in [0.1, 0.15) is 5.56 Å². The Morgan fingerprint density at radius 2 is 1.48 bits per heavy atom. The molecule has 0 spiro atoms. The van der Waals surface area contributed by atoms with Crippen LogP contribution < -0.4 is 9.44 Å². The number of nitro groups is 1. The SMILES string of the molecule is Cc1ccc([N+](=O)[O-])cc1S(=O)(=O)Nc1cccc(S(=O)(=O)Nc2ccc(Cl)cc2)c1. The number of nitrogens with zero attached hydrogens (tertiary/aromatic N) is 1. The van der Waals surface area contributed by atoms with Crippen molar-refractivity contribution in [2.75, 3.05) is 9.44 Å². The molecular weight excluding hydrogens is 466 g/mol. The van der Waals surface area contributed by atoms with Crippen molar-refractivity contribution in [3.05, 3.63) is 87.4 Å². The van der Waals surface area contributed by atoms with Crippen LogP contribution in [0.4, 0.5) is 17.1 Å². The van der Waals surface area contributed by atoms with Crippen molar-refractivity contribution in [2.45, 2.75) is 16.7 Å². The summed E-state index contributed by atoms with van der Waals surface area (Å²) in [5.74, 6) is 0. The van der Waals surface area contributed by atoms with Gasteiger partial charge in [0.15, 0.2) is 0 Å². The molecule has 0 bridgehead atoms. The molecule has 12 heteroatoms. The van der Waals surface area contributed by atoms with Crippen LogP contribution >= 0.6 is 11.6 Å². The molecule has 31 heavy (non-hydrogen) atoms. The van der Waals surface area contributed by atoms with E-state index in [1.807, 2.05) is 0 Å². The summed E-state index contributed by atoms with van der Waals surface area (Å²) < 4.78 is 55.5. The normalized spacial score (nSPS) is 11.7. The van der Waals surface area contributed by atoms with Crippen LogP contribution in [0.15, 0.2) is 76.5 Å². The molecule has 0 aliphatic carbocycles. The molecule has 0 saturated heterocycles. The van der Waals surface area contributed by atoms with E-state index in [0.29, 0.717) is 10.6 Å². The number of sulfonamides is 2. The fraction of sp³-hybridized carbons (Fsp3) is 0.0526. The average molecular weight is 482 g/mol. The van der Waals surface area contributed by atoms with Crippen LogP contribution in [0, 0.1) is 17.0 Å². The molecule has 0 radical (unpaired) electrons. The van der Waals surface area contributed by atoms with E-state index in [9.17, 15) is 26.9 Å². The largest absolute Gasteiger partial charge is 0.280 e. The fourth-order valence-electron chi connectivity index (χ4n) is 2.66. The molecule has 0 heterocycles. The predicted octanol–water partition coefficient (Wildman–Crippen LogP) is 4.16. The van der Waals surface area contributed by atoms with Crippen molar-refractivity contribution in [1.82, 2.24) is 0 Å². The molecule has 2 N–H and O–H groups in total. The molecule has 9 nitrogen and oxygen atoms in total. The lowest BCUT2D eigenvalue weighted by atomic mass is 10.2. The molecule has 3 aromatic carbocycles. The van der Waals surface area contributed by atoms with E-state index in [1.165, 1.54) is 61.5 Å². The maximum Gasteiger partial charge on any atom is 0.270 e. The number of nitro benzene ring substituents is 1. The van der Waals surface area contributed by atoms with Gasteiger partial charge in [-0.05, 0) is 55.0 Å². The highest BCUT2D eigenvalue weighted by atomic mass is 35.5. The maximum atomic E-state index is 12.8. The molecule has 0 aliphatic rings. The Hall–Kier alpha value is -3.15. The molecule has 0 fully saturated rings. The maximum absolute atomic E-state index is 12.8. The molecule has 0 aliphatic heterocycles. The number of nitrogens with one attached hydrogen (secondary N) is 2. The number of aryl methyl sites for hydroxylation is 1. The van der Waals surface area contributed by atoms with Crippen LogP contribution in [-0.2, 0) is 20.0 Å². The summed E-state index contributed by atoms with van der Waals surface area (Å²) in [6.45, 7) is 1.50. The minimum Gasteiger partial charge on any atom is -0.280 e. The summed E-state index contributed by atoms with van der Waals surface area (Å²) in [7, 11) is -8.22. The number of non-ortho nitro benzene ring substituents is 1. The molecule has 0 amide bonds. The summed E-state index contributed by atoms with van der Waals surface area (Å²) in [5, 5.41) is 11.4. The van der Waals surface area contributed by atoms with Gasteiger partial charge in [0, 0.05) is 22.8 Å². The zero-order valence-corrected chi connectivity index (χ0v) is 18.3. The number of benzene rings is 3. The molecule has 0 unspecified atom stereocenters. The van der Waals surface area contributed by atoms with Gasteiger partial charge in [0.05, 0.1) is 20.4 Å². The van der Waals surface area contributed by atoms with Crippen LogP contribution in [0.2, 0.25) is 5.02 Å². The first-order valence-electron chi connectivity index (χ1n) is 8.64. The van der Waals surface area contributed by atoms with Gasteiger partial charge in [-0.2, -0.15) is 0 Å². The first-order valence-corrected chi connectivity index (χ1v) is 12.0. The molecule has 0 aromatic heterocycles. The highest BCUT2D eigenvalue weighted by molar-refractivity contribution is 7.93. The van der Waals surface area contributed by atoms with Crippen molar-refractivity contribution in [2.24, 2.45) is 0 Å². The third-order valence-corrected chi connectivity index (χ3v) is 7.32. The minimum absolute atomic E-state index is 0.0233. The quantitative estimate of drug-likeness (QED) is 0.384. The minimum atomic E-state index is -4.21. The molecule has 162 valence electrons. The fourth-order valence-corrected chi connectivity index (χ4v) is 5.21. The Morgan fingerprint density at radius 1 is 0.839 bits per heavy atom. The molecule has 3 rings (SSSR count). The van der Waals surface area contributed by atoms with Gasteiger partial charge < -0.3 is 0 Å². The van der Waals surface area contributed by atoms with E-state index < -0.39 is 25.0 Å². The predicted molar refractivity (Wildman–Crippen MR) is 117 cm³/mol. The number of rotatable bonds is 7. The van der Waals surface area contributed by atoms with E-state index in [2.05, 4.69) is 9.44 Å². The Balaban J connectivity index is 1.90. The Bertz CT molecular complexity index is 1360. The van der Waals surface area contributed by atoms with Gasteiger partial charge in [0.25, 0.3) is 25.7 Å². The van der Waals surface area contributed by atoms with Crippen LogP contribution in [0.3, 0.4) is 0 Å². The van der Waals surface area contributed by atoms with Gasteiger partial charge in [-0.1, -0.05) is 23.7 Å². The molecule has 0 atom stereocenters. The van der Waals surface area contributed by atoms with Gasteiger partial charge in [0.1, 0.15) is 0 Å². The molecule has 0 saturated carbocycles. The molecular formula is C19H16ClN3O6S2. The second kappa shape index (κ2) is 8.53. The summed E-state index contributed by atoms with van der Waals surface area (Å²) in [6, 6.07) is 14.6. The average Bonchev–Trinajstić information content (AvgIpc) is 2.69. The Morgan fingerprint density at radius 3 is 2.13 bits per heavy atom. The summed E-state index contributed by atoms with van der Waals surface area (Å²) in [5.41, 5.74) is 0.174. The van der Waals surface area contributed by atoms with Gasteiger partial charge in [-0.25, -0.2) is 16.8 Å². The van der Waals surface area contributed by atoms with Crippen molar-refractivity contribution < 1.29 is 21.8 Å². The highest BCUT2D eigenvalue weighted by Crippen LogP contribution is 2.26. The van der Waals surface area contributed by atoms with Gasteiger partial charge >= 0.3 is 0 Å². The van der Waals surface area contributed by atoms with Crippen LogP contribution in [0.5, 0.6) is 0 Å². The second-order valence-corrected chi connectivity index (χ2v) is 10.2. The van der Waals surface area contributed by atoms with E-state index in [0.717, 1.165) is 12.1 Å². The van der Waals surface area contributed by atoms with E-state index >= 15 is 0 Å². The lowest BCUT2D eigenvalue weighted by Crippen LogP contribution is -2.16. The van der Waals surface area contributed by atoms with E-state index in [-0.39, 0.29) is 26.9 Å². The zero-order valence-electron chi connectivity index (χ0n) is 15.9. The smallest absolute Gasteiger partial charge is 0.270 e. The number of halogens is 1. The van der Waals surface area contributed by atoms with Crippen LogP contribution in [-0.4, -0.2) is 21.8 Å². The third kappa shape index (κ3) is 5.32. The van der Waals surface area contributed by atoms with Gasteiger partial charge in [0.2, 0.25) is 0 Å². The molecule has 3 aromatic rings. The standard InChI is InChI=1S/C19H16ClN3O6S2/c1-13-5-10-17(23(24)25)12-19(13)31(28,29)22-16-3-2-4-18(11-16)30(26,27)21-15-8-6-14(20)7-9-15/h2-12,21-22H,1H3. The Labute approximate surface area is 183 Å². The monoisotopic (exact) mass is 481 g/mol. The lowest BCUT2D eigenvalue weighted by molar-refractivity contribution is -0.385. The van der Waals surface area contributed by atoms with Gasteiger partial charge in [-0.15, -0.1) is 0 Å². The number of anilines is 2. The first kappa shape index (κ1) is 22.5. The first-order chi connectivity index (χ1) is 14.5. The van der Waals surface area contributed by atoms with Crippen molar-refractivity contribution in [3.8, 4) is 0 Å². The third-order valence-electron chi connectivity index (χ3n) is 4.17. The summed E-state index contributed by atoms with van der Waals surface area (Å²) in [4.78, 5) is 9.82. The zero-order chi connectivity index (χ0) is 22.8. The van der Waals surface area contributed by atoms with E-state index in [4.69, 9.17) is 11.6 Å². The number of hydrogen-bond acceptors (Lipinski definition) is 6. The van der Waals surface area contributed by atoms with Gasteiger partial charge in [-0.3, -0.25) is 19.6 Å².